The Morgan fingerprint density at radius 2 is 1.89 bits per heavy atom. The van der Waals surface area contributed by atoms with E-state index in [1.165, 1.54) is 27.6 Å². The fraction of sp³-hybridized carbons (Fsp3) is 0.348. The Kier molecular flexibility index (Phi) is 4.99. The monoisotopic (exact) mass is 361 g/mol. The summed E-state index contributed by atoms with van der Waals surface area (Å²) in [6.07, 6.45) is 4.36. The topological polar surface area (TPSA) is 48.1 Å². The second-order valence-corrected chi connectivity index (χ2v) is 7.69. The van der Waals surface area contributed by atoms with Gasteiger partial charge in [-0.25, -0.2) is 0 Å². The second kappa shape index (κ2) is 7.57. The van der Waals surface area contributed by atoms with Crippen LogP contribution in [0, 0.1) is 13.8 Å². The summed E-state index contributed by atoms with van der Waals surface area (Å²) in [5.74, 6) is 0.643. The summed E-state index contributed by atoms with van der Waals surface area (Å²) >= 11 is 0. The number of piperidine rings is 1. The predicted molar refractivity (Wildman–Crippen MR) is 111 cm³/mol. The van der Waals surface area contributed by atoms with Gasteiger partial charge in [-0.1, -0.05) is 24.3 Å². The molecule has 1 saturated heterocycles. The number of hydrogen-bond donors (Lipinski definition) is 2. The van der Waals surface area contributed by atoms with E-state index in [2.05, 4.69) is 65.6 Å². The average molecular weight is 361 g/mol. The quantitative estimate of drug-likeness (QED) is 0.713. The van der Waals surface area contributed by atoms with E-state index in [0.29, 0.717) is 12.5 Å². The lowest BCUT2D eigenvalue weighted by Crippen LogP contribution is -2.38. The third-order valence-electron chi connectivity index (χ3n) is 5.81. The molecule has 0 spiro atoms. The van der Waals surface area contributed by atoms with Crippen LogP contribution in [0.4, 0.5) is 5.69 Å². The lowest BCUT2D eigenvalue weighted by atomic mass is 9.89. The van der Waals surface area contributed by atoms with Crippen molar-refractivity contribution < 1.29 is 4.79 Å². The number of carbonyl (C=O) groups excluding carboxylic acids is 1. The van der Waals surface area contributed by atoms with Crippen LogP contribution in [0.2, 0.25) is 0 Å². The third-order valence-corrected chi connectivity index (χ3v) is 5.81. The van der Waals surface area contributed by atoms with Crippen molar-refractivity contribution in [1.82, 2.24) is 9.88 Å². The first kappa shape index (κ1) is 17.8. The molecule has 140 valence electrons. The number of aromatic nitrogens is 1. The molecule has 27 heavy (non-hydrogen) atoms. The molecular formula is C23H27N3O. The first-order valence-electron chi connectivity index (χ1n) is 9.75. The standard InChI is InChI=1S/C23H27N3O/c1-16-7-8-19(13-17(16)2)25-23(27)15-26-11-9-18(10-12-26)21-14-24-22-6-4-3-5-20(21)22/h3-8,13-14,18,24H,9-12,15H2,1-2H3,(H,25,27). The molecule has 1 fully saturated rings. The number of anilines is 1. The lowest BCUT2D eigenvalue weighted by Gasteiger charge is -2.31. The van der Waals surface area contributed by atoms with Crippen molar-refractivity contribution in [1.29, 1.82) is 0 Å². The van der Waals surface area contributed by atoms with E-state index in [-0.39, 0.29) is 5.91 Å². The van der Waals surface area contributed by atoms with E-state index < -0.39 is 0 Å². The van der Waals surface area contributed by atoms with E-state index in [9.17, 15) is 4.79 Å². The van der Waals surface area contributed by atoms with Gasteiger partial charge < -0.3 is 10.3 Å². The summed E-state index contributed by atoms with van der Waals surface area (Å²) in [6.45, 7) is 6.54. The highest BCUT2D eigenvalue weighted by Gasteiger charge is 2.23. The summed E-state index contributed by atoms with van der Waals surface area (Å²) in [4.78, 5) is 18.1. The molecule has 0 bridgehead atoms. The highest BCUT2D eigenvalue weighted by molar-refractivity contribution is 5.92. The van der Waals surface area contributed by atoms with Gasteiger partial charge in [-0.2, -0.15) is 0 Å². The van der Waals surface area contributed by atoms with Crippen molar-refractivity contribution in [2.45, 2.75) is 32.6 Å². The molecule has 2 heterocycles. The molecule has 4 heteroatoms. The van der Waals surface area contributed by atoms with Gasteiger partial charge in [0, 0.05) is 22.8 Å². The first-order chi connectivity index (χ1) is 13.1. The molecule has 1 aliphatic heterocycles. The number of fused-ring (bicyclic) bond motifs is 1. The van der Waals surface area contributed by atoms with Gasteiger partial charge in [0.1, 0.15) is 0 Å². The van der Waals surface area contributed by atoms with Gasteiger partial charge in [-0.3, -0.25) is 9.69 Å². The van der Waals surface area contributed by atoms with Crippen LogP contribution in [0.5, 0.6) is 0 Å². The maximum Gasteiger partial charge on any atom is 0.238 e. The molecule has 2 N–H and O–H groups in total. The van der Waals surface area contributed by atoms with Crippen LogP contribution in [0.15, 0.2) is 48.7 Å². The van der Waals surface area contributed by atoms with Gasteiger partial charge >= 0.3 is 0 Å². The van der Waals surface area contributed by atoms with Crippen molar-refractivity contribution in [3.8, 4) is 0 Å². The molecule has 0 aliphatic carbocycles. The molecular weight excluding hydrogens is 334 g/mol. The van der Waals surface area contributed by atoms with E-state index in [1.807, 2.05) is 12.1 Å². The van der Waals surface area contributed by atoms with Crippen molar-refractivity contribution in [3.05, 3.63) is 65.4 Å². The molecule has 4 nitrogen and oxygen atoms in total. The van der Waals surface area contributed by atoms with Gasteiger partial charge in [0.25, 0.3) is 0 Å². The van der Waals surface area contributed by atoms with Crippen molar-refractivity contribution in [2.24, 2.45) is 0 Å². The van der Waals surface area contributed by atoms with Crippen molar-refractivity contribution in [2.75, 3.05) is 25.0 Å². The van der Waals surface area contributed by atoms with E-state index >= 15 is 0 Å². The lowest BCUT2D eigenvalue weighted by molar-refractivity contribution is -0.117. The number of aryl methyl sites for hydroxylation is 2. The van der Waals surface area contributed by atoms with Gasteiger partial charge in [0.15, 0.2) is 0 Å². The molecule has 1 aliphatic rings. The average Bonchev–Trinajstić information content (AvgIpc) is 3.09. The van der Waals surface area contributed by atoms with E-state index in [4.69, 9.17) is 0 Å². The minimum atomic E-state index is 0.0730. The Bertz CT molecular complexity index is 951. The Morgan fingerprint density at radius 1 is 1.11 bits per heavy atom. The minimum absolute atomic E-state index is 0.0730. The SMILES string of the molecule is Cc1ccc(NC(=O)CN2CCC(c3c[nH]c4ccccc34)CC2)cc1C. The van der Waals surface area contributed by atoms with Crippen molar-refractivity contribution in [3.63, 3.8) is 0 Å². The Balaban J connectivity index is 1.32. The van der Waals surface area contributed by atoms with Crippen LogP contribution in [-0.4, -0.2) is 35.4 Å². The number of amides is 1. The molecule has 1 amide bonds. The molecule has 0 atom stereocenters. The summed E-state index contributed by atoms with van der Waals surface area (Å²) in [7, 11) is 0. The van der Waals surface area contributed by atoms with Crippen LogP contribution in [-0.2, 0) is 4.79 Å². The number of rotatable bonds is 4. The normalized spacial score (nSPS) is 15.9. The smallest absolute Gasteiger partial charge is 0.238 e. The molecule has 1 aromatic heterocycles. The molecule has 0 radical (unpaired) electrons. The summed E-state index contributed by atoms with van der Waals surface area (Å²) in [5, 5.41) is 4.37. The first-order valence-corrected chi connectivity index (χ1v) is 9.75. The van der Waals surface area contributed by atoms with Crippen molar-refractivity contribution >= 4 is 22.5 Å². The number of H-pyrrole nitrogens is 1. The second-order valence-electron chi connectivity index (χ2n) is 7.69. The summed E-state index contributed by atoms with van der Waals surface area (Å²) in [6, 6.07) is 14.6. The fourth-order valence-electron chi connectivity index (χ4n) is 4.06. The highest BCUT2D eigenvalue weighted by Crippen LogP contribution is 2.33. The van der Waals surface area contributed by atoms with Gasteiger partial charge in [0.2, 0.25) is 5.91 Å². The van der Waals surface area contributed by atoms with Gasteiger partial charge in [-0.05, 0) is 80.6 Å². The number of para-hydroxylation sites is 1. The number of hydrogen-bond acceptors (Lipinski definition) is 2. The zero-order valence-electron chi connectivity index (χ0n) is 16.1. The molecule has 0 saturated carbocycles. The van der Waals surface area contributed by atoms with Crippen LogP contribution < -0.4 is 5.32 Å². The highest BCUT2D eigenvalue weighted by atomic mass is 16.2. The number of carbonyl (C=O) groups is 1. The Labute approximate surface area is 160 Å². The third kappa shape index (κ3) is 3.91. The molecule has 4 rings (SSSR count). The maximum atomic E-state index is 12.4. The summed E-state index contributed by atoms with van der Waals surface area (Å²) < 4.78 is 0. The van der Waals surface area contributed by atoms with Crippen LogP contribution in [0.1, 0.15) is 35.4 Å². The minimum Gasteiger partial charge on any atom is -0.361 e. The largest absolute Gasteiger partial charge is 0.361 e. The zero-order chi connectivity index (χ0) is 18.8. The number of benzene rings is 2. The van der Waals surface area contributed by atoms with Crippen LogP contribution in [0.3, 0.4) is 0 Å². The van der Waals surface area contributed by atoms with Gasteiger partial charge in [-0.15, -0.1) is 0 Å². The van der Waals surface area contributed by atoms with E-state index in [1.54, 1.807) is 0 Å². The Hall–Kier alpha value is -2.59. The molecule has 2 aromatic carbocycles. The summed E-state index contributed by atoms with van der Waals surface area (Å²) in [5.41, 5.74) is 5.96. The predicted octanol–water partition coefficient (Wildman–Crippen LogP) is 4.60. The molecule has 3 aromatic rings. The van der Waals surface area contributed by atoms with E-state index in [0.717, 1.165) is 31.6 Å². The number of nitrogens with zero attached hydrogens (tertiary/aromatic N) is 1. The fourth-order valence-corrected chi connectivity index (χ4v) is 4.06. The molecule has 0 unspecified atom stereocenters. The Morgan fingerprint density at radius 3 is 2.67 bits per heavy atom. The van der Waals surface area contributed by atoms with Crippen LogP contribution in [0.25, 0.3) is 10.9 Å². The maximum absolute atomic E-state index is 12.4. The van der Waals surface area contributed by atoms with Crippen LogP contribution >= 0.6 is 0 Å². The number of nitrogens with one attached hydrogen (secondary N) is 2. The zero-order valence-corrected chi connectivity index (χ0v) is 16.1. The van der Waals surface area contributed by atoms with Gasteiger partial charge in [0.05, 0.1) is 6.54 Å². The number of likely N-dealkylation sites (tertiary alicyclic amines) is 1. The number of aromatic amines is 1.